The Morgan fingerprint density at radius 3 is 2.88 bits per heavy atom. The molecule has 0 fully saturated rings. The molecular formula is C6H10N2. The van der Waals surface area contributed by atoms with Crippen molar-refractivity contribution in [1.82, 2.24) is 5.32 Å². The molecule has 0 saturated heterocycles. The molecule has 0 atom stereocenters. The summed E-state index contributed by atoms with van der Waals surface area (Å²) in [5.41, 5.74) is 0. The summed E-state index contributed by atoms with van der Waals surface area (Å²) < 4.78 is 0. The van der Waals surface area contributed by atoms with Crippen molar-refractivity contribution in [1.29, 1.82) is 0 Å². The average Bonchev–Trinajstić information content (AvgIpc) is 1.90. The van der Waals surface area contributed by atoms with Gasteiger partial charge in [0, 0.05) is 13.3 Å². The van der Waals surface area contributed by atoms with Gasteiger partial charge >= 0.3 is 0 Å². The van der Waals surface area contributed by atoms with E-state index in [4.69, 9.17) is 0 Å². The van der Waals surface area contributed by atoms with Gasteiger partial charge in [-0.05, 0) is 18.9 Å². The van der Waals surface area contributed by atoms with Crippen molar-refractivity contribution in [3.05, 3.63) is 11.9 Å². The lowest BCUT2D eigenvalue weighted by Crippen LogP contribution is -2.05. The summed E-state index contributed by atoms with van der Waals surface area (Å²) in [4.78, 5) is 4.07. The van der Waals surface area contributed by atoms with Gasteiger partial charge in [0.25, 0.3) is 0 Å². The number of nitrogens with one attached hydrogen (secondary N) is 1. The zero-order valence-corrected chi connectivity index (χ0v) is 5.02. The molecule has 0 bridgehead atoms. The van der Waals surface area contributed by atoms with Crippen molar-refractivity contribution < 1.29 is 0 Å². The lowest BCUT2D eigenvalue weighted by Gasteiger charge is -2.02. The summed E-state index contributed by atoms with van der Waals surface area (Å²) in [5.74, 6) is 0.997. The Hall–Kier alpha value is -0.790. The van der Waals surface area contributed by atoms with Crippen LogP contribution in [0.3, 0.4) is 0 Å². The number of allylic oxidation sites excluding steroid dienone is 1. The third kappa shape index (κ3) is 1.09. The summed E-state index contributed by atoms with van der Waals surface area (Å²) in [6.07, 6.45) is 6.25. The second-order valence-electron chi connectivity index (χ2n) is 1.73. The maximum absolute atomic E-state index is 4.07. The standard InChI is InChI=1S/C6H10N2/c1-7-6-4-2-3-5-8-6/h4-5,7H,2-3H2,1H3. The van der Waals surface area contributed by atoms with Crippen LogP contribution in [-0.2, 0) is 0 Å². The third-order valence-electron chi connectivity index (χ3n) is 1.12. The second-order valence-corrected chi connectivity index (χ2v) is 1.73. The van der Waals surface area contributed by atoms with E-state index in [9.17, 15) is 0 Å². The van der Waals surface area contributed by atoms with E-state index in [-0.39, 0.29) is 0 Å². The van der Waals surface area contributed by atoms with Gasteiger partial charge in [-0.2, -0.15) is 0 Å². The van der Waals surface area contributed by atoms with Crippen LogP contribution in [0.5, 0.6) is 0 Å². The van der Waals surface area contributed by atoms with E-state index in [1.807, 2.05) is 13.3 Å². The molecule has 0 amide bonds. The maximum Gasteiger partial charge on any atom is 0.121 e. The van der Waals surface area contributed by atoms with Crippen LogP contribution >= 0.6 is 0 Å². The Bertz CT molecular complexity index is 124. The predicted molar refractivity (Wildman–Crippen MR) is 34.9 cm³/mol. The number of hydrogen-bond acceptors (Lipinski definition) is 2. The first-order chi connectivity index (χ1) is 3.93. The van der Waals surface area contributed by atoms with Gasteiger partial charge in [-0.3, -0.25) is 0 Å². The Balaban J connectivity index is 2.51. The molecule has 2 nitrogen and oxygen atoms in total. The Morgan fingerprint density at radius 1 is 1.62 bits per heavy atom. The molecule has 2 heteroatoms. The molecular weight excluding hydrogens is 100 g/mol. The first-order valence-corrected chi connectivity index (χ1v) is 2.84. The van der Waals surface area contributed by atoms with Crippen LogP contribution in [0.15, 0.2) is 16.9 Å². The van der Waals surface area contributed by atoms with Crippen molar-refractivity contribution in [3.63, 3.8) is 0 Å². The highest BCUT2D eigenvalue weighted by atomic mass is 15.0. The molecule has 1 heterocycles. The SMILES string of the molecule is CNC1=CCCC=N1. The van der Waals surface area contributed by atoms with E-state index in [2.05, 4.69) is 16.4 Å². The molecule has 1 N–H and O–H groups in total. The number of aliphatic imine (C=N–C) groups is 1. The first-order valence-electron chi connectivity index (χ1n) is 2.84. The Kier molecular flexibility index (Phi) is 1.67. The lowest BCUT2D eigenvalue weighted by molar-refractivity contribution is 0.911. The molecule has 0 saturated carbocycles. The molecule has 1 aliphatic rings. The van der Waals surface area contributed by atoms with Crippen molar-refractivity contribution in [2.45, 2.75) is 12.8 Å². The predicted octanol–water partition coefficient (Wildman–Crippen LogP) is 0.912. The molecule has 0 spiro atoms. The summed E-state index contributed by atoms with van der Waals surface area (Å²) >= 11 is 0. The van der Waals surface area contributed by atoms with Gasteiger partial charge in [0.2, 0.25) is 0 Å². The monoisotopic (exact) mass is 110 g/mol. The fourth-order valence-electron chi connectivity index (χ4n) is 0.677. The highest BCUT2D eigenvalue weighted by Crippen LogP contribution is 2.00. The molecule has 1 rings (SSSR count). The molecule has 0 aliphatic carbocycles. The first kappa shape index (κ1) is 5.35. The average molecular weight is 110 g/mol. The van der Waals surface area contributed by atoms with Crippen molar-refractivity contribution in [2.24, 2.45) is 4.99 Å². The second kappa shape index (κ2) is 2.50. The topological polar surface area (TPSA) is 24.4 Å². The third-order valence-corrected chi connectivity index (χ3v) is 1.12. The van der Waals surface area contributed by atoms with Gasteiger partial charge < -0.3 is 5.32 Å². The van der Waals surface area contributed by atoms with Gasteiger partial charge in [-0.15, -0.1) is 0 Å². The van der Waals surface area contributed by atoms with Crippen LogP contribution in [0.25, 0.3) is 0 Å². The fourth-order valence-corrected chi connectivity index (χ4v) is 0.677. The Labute approximate surface area is 49.3 Å². The molecule has 0 unspecified atom stereocenters. The smallest absolute Gasteiger partial charge is 0.121 e. The van der Waals surface area contributed by atoms with Crippen LogP contribution in [-0.4, -0.2) is 13.3 Å². The normalized spacial score (nSPS) is 17.9. The summed E-state index contributed by atoms with van der Waals surface area (Å²) in [6, 6.07) is 0. The van der Waals surface area contributed by atoms with Gasteiger partial charge in [0.1, 0.15) is 5.82 Å². The van der Waals surface area contributed by atoms with E-state index < -0.39 is 0 Å². The van der Waals surface area contributed by atoms with Crippen molar-refractivity contribution in [3.8, 4) is 0 Å². The minimum Gasteiger partial charge on any atom is -0.373 e. The zero-order chi connectivity index (χ0) is 5.82. The van der Waals surface area contributed by atoms with Crippen LogP contribution in [0.4, 0.5) is 0 Å². The van der Waals surface area contributed by atoms with Crippen molar-refractivity contribution in [2.75, 3.05) is 7.05 Å². The largest absolute Gasteiger partial charge is 0.373 e. The van der Waals surface area contributed by atoms with E-state index in [0.717, 1.165) is 18.7 Å². The van der Waals surface area contributed by atoms with Gasteiger partial charge in [0.05, 0.1) is 0 Å². The van der Waals surface area contributed by atoms with Crippen LogP contribution < -0.4 is 5.32 Å². The quantitative estimate of drug-likeness (QED) is 0.533. The fraction of sp³-hybridized carbons (Fsp3) is 0.500. The molecule has 0 aromatic rings. The summed E-state index contributed by atoms with van der Waals surface area (Å²) in [5, 5.41) is 2.97. The van der Waals surface area contributed by atoms with E-state index in [1.54, 1.807) is 0 Å². The number of nitrogens with zero attached hydrogens (tertiary/aromatic N) is 1. The minimum absolute atomic E-state index is 0.997. The van der Waals surface area contributed by atoms with E-state index >= 15 is 0 Å². The summed E-state index contributed by atoms with van der Waals surface area (Å²) in [6.45, 7) is 0. The van der Waals surface area contributed by atoms with Crippen LogP contribution in [0.2, 0.25) is 0 Å². The summed E-state index contributed by atoms with van der Waals surface area (Å²) in [7, 11) is 1.88. The lowest BCUT2D eigenvalue weighted by atomic mass is 10.3. The van der Waals surface area contributed by atoms with Crippen LogP contribution in [0.1, 0.15) is 12.8 Å². The molecule has 44 valence electrons. The Morgan fingerprint density at radius 2 is 2.50 bits per heavy atom. The van der Waals surface area contributed by atoms with Gasteiger partial charge in [0.15, 0.2) is 0 Å². The minimum atomic E-state index is 0.997. The highest BCUT2D eigenvalue weighted by Gasteiger charge is 1.91. The van der Waals surface area contributed by atoms with E-state index in [0.29, 0.717) is 0 Å². The molecule has 8 heavy (non-hydrogen) atoms. The number of hydrogen-bond donors (Lipinski definition) is 1. The molecule has 0 radical (unpaired) electrons. The highest BCUT2D eigenvalue weighted by molar-refractivity contribution is 5.60. The number of rotatable bonds is 1. The molecule has 0 aromatic heterocycles. The maximum atomic E-state index is 4.07. The van der Waals surface area contributed by atoms with E-state index in [1.165, 1.54) is 0 Å². The van der Waals surface area contributed by atoms with Crippen molar-refractivity contribution >= 4 is 6.21 Å². The molecule has 1 aliphatic heterocycles. The zero-order valence-electron chi connectivity index (χ0n) is 5.02. The van der Waals surface area contributed by atoms with Crippen LogP contribution in [0, 0.1) is 0 Å². The molecule has 0 aromatic carbocycles. The van der Waals surface area contributed by atoms with Gasteiger partial charge in [-0.25, -0.2) is 4.99 Å². The van der Waals surface area contributed by atoms with Gasteiger partial charge in [-0.1, -0.05) is 0 Å².